The van der Waals surface area contributed by atoms with Crippen molar-refractivity contribution in [2.45, 2.75) is 29.4 Å². The molecule has 0 saturated carbocycles. The third-order valence-electron chi connectivity index (χ3n) is 7.16. The van der Waals surface area contributed by atoms with Crippen LogP contribution >= 0.6 is 11.8 Å². The van der Waals surface area contributed by atoms with Crippen LogP contribution < -0.4 is 14.8 Å². The molecule has 0 spiro atoms. The fraction of sp³-hybridized carbons (Fsp3) is 0.250. The Morgan fingerprint density at radius 3 is 2.59 bits per heavy atom. The van der Waals surface area contributed by atoms with Crippen LogP contribution in [0.25, 0.3) is 0 Å². The van der Waals surface area contributed by atoms with Crippen molar-refractivity contribution in [3.8, 4) is 5.75 Å². The quantitative estimate of drug-likeness (QED) is 0.344. The van der Waals surface area contributed by atoms with Gasteiger partial charge in [0.1, 0.15) is 11.9 Å². The van der Waals surface area contributed by atoms with E-state index in [1.807, 2.05) is 30.0 Å². The highest BCUT2D eigenvalue weighted by Gasteiger charge is 2.38. The Morgan fingerprint density at radius 1 is 1.05 bits per heavy atom. The molecular weight excluding hydrogens is 508 g/mol. The summed E-state index contributed by atoms with van der Waals surface area (Å²) in [4.78, 5) is 11.2. The summed E-state index contributed by atoms with van der Waals surface area (Å²) in [5.74, 6) is 2.24. The van der Waals surface area contributed by atoms with Crippen LogP contribution in [0.15, 0.2) is 83.8 Å². The second-order valence-electron chi connectivity index (χ2n) is 9.56. The molecule has 2 heterocycles. The molecule has 3 N–H and O–H groups in total. The van der Waals surface area contributed by atoms with Crippen molar-refractivity contribution >= 4 is 39.1 Å². The van der Waals surface area contributed by atoms with E-state index < -0.39 is 16.0 Å². The number of carboxylic acids is 1. The Balaban J connectivity index is 1.26. The van der Waals surface area contributed by atoms with Crippen molar-refractivity contribution in [2.24, 2.45) is 5.92 Å². The lowest BCUT2D eigenvalue weighted by atomic mass is 9.77. The van der Waals surface area contributed by atoms with E-state index in [0.29, 0.717) is 5.69 Å². The number of anilines is 2. The molecule has 0 amide bonds. The number of aromatic carboxylic acids is 1. The molecule has 1 fully saturated rings. The Kier molecular flexibility index (Phi) is 6.12. The number of thioether (sulfide) groups is 1. The number of hydrogen-bond acceptors (Lipinski definition) is 6. The molecule has 3 aromatic rings. The summed E-state index contributed by atoms with van der Waals surface area (Å²) < 4.78 is 35.0. The minimum atomic E-state index is -3.86. The molecular formula is C28H26N2O5S2. The van der Waals surface area contributed by atoms with E-state index in [2.05, 4.69) is 34.3 Å². The molecule has 1 aliphatic carbocycles. The maximum Gasteiger partial charge on any atom is 0.335 e. The fourth-order valence-electron chi connectivity index (χ4n) is 5.22. The van der Waals surface area contributed by atoms with Crippen LogP contribution in [-0.4, -0.2) is 37.1 Å². The van der Waals surface area contributed by atoms with Gasteiger partial charge in [-0.2, -0.15) is 11.8 Å². The van der Waals surface area contributed by atoms with Gasteiger partial charge in [-0.3, -0.25) is 4.72 Å². The number of rotatable bonds is 7. The highest BCUT2D eigenvalue weighted by molar-refractivity contribution is 8.00. The van der Waals surface area contributed by atoms with Crippen LogP contribution in [0.4, 0.5) is 11.4 Å². The molecule has 37 heavy (non-hydrogen) atoms. The summed E-state index contributed by atoms with van der Waals surface area (Å²) in [6.45, 7) is 0. The number of benzene rings is 3. The van der Waals surface area contributed by atoms with Crippen LogP contribution in [0.3, 0.4) is 0 Å². The van der Waals surface area contributed by atoms with Crippen molar-refractivity contribution in [1.29, 1.82) is 0 Å². The average Bonchev–Trinajstić information content (AvgIpc) is 3.36. The van der Waals surface area contributed by atoms with Crippen LogP contribution in [0, 0.1) is 5.92 Å². The van der Waals surface area contributed by atoms with Crippen molar-refractivity contribution in [1.82, 2.24) is 0 Å². The number of allylic oxidation sites excluding steroid dienone is 2. The van der Waals surface area contributed by atoms with E-state index >= 15 is 0 Å². The summed E-state index contributed by atoms with van der Waals surface area (Å²) in [6.07, 6.45) is 5.54. The summed E-state index contributed by atoms with van der Waals surface area (Å²) in [5, 5.41) is 12.7. The van der Waals surface area contributed by atoms with E-state index in [1.54, 1.807) is 12.1 Å². The number of sulfonamides is 1. The zero-order chi connectivity index (χ0) is 25.6. The van der Waals surface area contributed by atoms with Gasteiger partial charge in [-0.15, -0.1) is 0 Å². The molecule has 3 aromatic carbocycles. The van der Waals surface area contributed by atoms with Gasteiger partial charge in [0.15, 0.2) is 0 Å². The lowest BCUT2D eigenvalue weighted by Crippen LogP contribution is -2.31. The van der Waals surface area contributed by atoms with Gasteiger partial charge in [0.2, 0.25) is 0 Å². The molecule has 3 atom stereocenters. The van der Waals surface area contributed by atoms with Crippen molar-refractivity contribution in [2.75, 3.05) is 21.5 Å². The van der Waals surface area contributed by atoms with Crippen LogP contribution in [0.1, 0.15) is 39.9 Å². The van der Waals surface area contributed by atoms with Gasteiger partial charge < -0.3 is 15.2 Å². The predicted molar refractivity (Wildman–Crippen MR) is 145 cm³/mol. The normalized spacial score (nSPS) is 22.3. The number of carbonyl (C=O) groups is 1. The second-order valence-corrected chi connectivity index (χ2v) is 12.3. The van der Waals surface area contributed by atoms with Gasteiger partial charge >= 0.3 is 5.97 Å². The van der Waals surface area contributed by atoms with Crippen LogP contribution in [0.5, 0.6) is 5.75 Å². The molecule has 190 valence electrons. The van der Waals surface area contributed by atoms with Crippen molar-refractivity contribution in [3.05, 3.63) is 95.6 Å². The van der Waals surface area contributed by atoms with Gasteiger partial charge in [0, 0.05) is 28.8 Å². The highest BCUT2D eigenvalue weighted by Crippen LogP contribution is 2.50. The summed E-state index contributed by atoms with van der Waals surface area (Å²) in [6, 6.07) is 19.2. The Hall–Kier alpha value is -3.43. The number of fused-ring (bicyclic) bond motifs is 3. The maximum atomic E-state index is 13.2. The van der Waals surface area contributed by atoms with Gasteiger partial charge in [-0.1, -0.05) is 24.3 Å². The molecule has 0 unspecified atom stereocenters. The molecule has 0 aromatic heterocycles. The van der Waals surface area contributed by atoms with Gasteiger partial charge in [-0.05, 0) is 78.1 Å². The lowest BCUT2D eigenvalue weighted by Gasteiger charge is -2.38. The number of hydrogen-bond donors (Lipinski definition) is 3. The Morgan fingerprint density at radius 2 is 1.86 bits per heavy atom. The summed E-state index contributed by atoms with van der Waals surface area (Å²) >= 11 is 1.89. The Bertz CT molecular complexity index is 1480. The molecule has 0 radical (unpaired) electrons. The molecule has 0 bridgehead atoms. The summed E-state index contributed by atoms with van der Waals surface area (Å²) in [7, 11) is -3.86. The van der Waals surface area contributed by atoms with E-state index in [4.69, 9.17) is 9.84 Å². The topological polar surface area (TPSA) is 105 Å². The van der Waals surface area contributed by atoms with Crippen LogP contribution in [-0.2, 0) is 10.0 Å². The van der Waals surface area contributed by atoms with Gasteiger partial charge in [0.25, 0.3) is 10.0 Å². The van der Waals surface area contributed by atoms with Gasteiger partial charge in [-0.25, -0.2) is 13.2 Å². The van der Waals surface area contributed by atoms with Crippen molar-refractivity contribution in [3.63, 3.8) is 0 Å². The van der Waals surface area contributed by atoms with Gasteiger partial charge in [0.05, 0.1) is 16.5 Å². The van der Waals surface area contributed by atoms with E-state index in [9.17, 15) is 13.2 Å². The predicted octanol–water partition coefficient (Wildman–Crippen LogP) is 5.51. The monoisotopic (exact) mass is 534 g/mol. The van der Waals surface area contributed by atoms with E-state index in [-0.39, 0.29) is 34.4 Å². The van der Waals surface area contributed by atoms with Crippen molar-refractivity contribution < 1.29 is 23.1 Å². The molecule has 6 rings (SSSR count). The highest BCUT2D eigenvalue weighted by atomic mass is 32.2. The first-order chi connectivity index (χ1) is 17.9. The first-order valence-electron chi connectivity index (χ1n) is 12.1. The lowest BCUT2D eigenvalue weighted by molar-refractivity contribution is 0.0697. The molecule has 9 heteroatoms. The number of ether oxygens (including phenoxy) is 1. The molecule has 1 saturated heterocycles. The Labute approximate surface area is 220 Å². The zero-order valence-electron chi connectivity index (χ0n) is 19.8. The minimum Gasteiger partial charge on any atom is -0.489 e. The molecule has 3 aliphatic rings. The largest absolute Gasteiger partial charge is 0.489 e. The third kappa shape index (κ3) is 4.69. The average molecular weight is 535 g/mol. The number of nitrogens with one attached hydrogen (secondary N) is 2. The van der Waals surface area contributed by atoms with E-state index in [0.717, 1.165) is 40.5 Å². The number of carboxylic acid groups (broad SMARTS) is 1. The standard InChI is InChI=1S/C28H26N2O5S2/c31-28(32)17-7-9-19(10-8-17)30-37(33,34)22-11-12-26-25(14-22)23-5-2-6-24(23)27(29-26)18-3-1-4-20(13-18)35-21-15-36-16-21/h1-5,7-14,21,23-24,27,29-30H,6,15-16H2,(H,31,32)/t23-,24+,27+/m0/s1. The molecule has 2 aliphatic heterocycles. The zero-order valence-corrected chi connectivity index (χ0v) is 21.5. The third-order valence-corrected chi connectivity index (χ3v) is 9.75. The second kappa shape index (κ2) is 9.46. The first-order valence-corrected chi connectivity index (χ1v) is 14.8. The van der Waals surface area contributed by atoms with E-state index in [1.165, 1.54) is 24.3 Å². The van der Waals surface area contributed by atoms with Crippen LogP contribution in [0.2, 0.25) is 0 Å². The SMILES string of the molecule is O=C(O)c1ccc(NS(=O)(=O)c2ccc3c(c2)[C@H]2C=CC[C@H]2[C@@H](c2cccc(OC4CSC4)c2)N3)cc1. The first kappa shape index (κ1) is 23.9. The molecule has 7 nitrogen and oxygen atoms in total. The summed E-state index contributed by atoms with van der Waals surface area (Å²) in [5.41, 5.74) is 3.44. The smallest absolute Gasteiger partial charge is 0.335 e. The minimum absolute atomic E-state index is 0.0835. The maximum absolute atomic E-state index is 13.2. The fourth-order valence-corrected chi connectivity index (χ4v) is 6.88.